The standard InChI is InChI=1S/C15H19N5O3S/c1-4-16-14(22)18-13(21)9(2)24-15-17-12(19-20-15)10-5-7-11(23-3)8-6-10/h5-9H,4H2,1-3H3,(H,17,19,20)(H2,16,18,21,22). The van der Waals surface area contributed by atoms with E-state index in [1.807, 2.05) is 24.3 Å². The fraction of sp³-hybridized carbons (Fsp3) is 0.333. The molecule has 1 atom stereocenters. The highest BCUT2D eigenvalue weighted by molar-refractivity contribution is 8.00. The van der Waals surface area contributed by atoms with Crippen LogP contribution in [0.15, 0.2) is 29.4 Å². The van der Waals surface area contributed by atoms with Crippen LogP contribution in [-0.2, 0) is 4.79 Å². The topological polar surface area (TPSA) is 109 Å². The zero-order chi connectivity index (χ0) is 17.5. The summed E-state index contributed by atoms with van der Waals surface area (Å²) in [5.41, 5.74) is 0.856. The van der Waals surface area contributed by atoms with Crippen LogP contribution in [0.3, 0.4) is 0 Å². The van der Waals surface area contributed by atoms with Crippen molar-refractivity contribution in [1.29, 1.82) is 0 Å². The number of nitrogens with one attached hydrogen (secondary N) is 3. The summed E-state index contributed by atoms with van der Waals surface area (Å²) < 4.78 is 5.11. The molecule has 0 saturated heterocycles. The lowest BCUT2D eigenvalue weighted by Crippen LogP contribution is -2.42. The van der Waals surface area contributed by atoms with Gasteiger partial charge in [-0.3, -0.25) is 15.2 Å². The van der Waals surface area contributed by atoms with Gasteiger partial charge in [-0.15, -0.1) is 5.10 Å². The van der Waals surface area contributed by atoms with Gasteiger partial charge in [0, 0.05) is 12.1 Å². The number of benzene rings is 1. The van der Waals surface area contributed by atoms with Crippen molar-refractivity contribution >= 4 is 23.7 Å². The second-order valence-electron chi connectivity index (χ2n) is 4.80. The average molecular weight is 349 g/mol. The molecule has 128 valence electrons. The SMILES string of the molecule is CCNC(=O)NC(=O)C(C)Sc1n[nH]c(-c2ccc(OC)cc2)n1. The molecule has 0 aliphatic rings. The Bertz CT molecular complexity index is 701. The summed E-state index contributed by atoms with van der Waals surface area (Å²) in [6.07, 6.45) is 0. The molecule has 1 aromatic carbocycles. The number of amides is 3. The van der Waals surface area contributed by atoms with Crippen LogP contribution in [-0.4, -0.2) is 46.0 Å². The summed E-state index contributed by atoms with van der Waals surface area (Å²) in [5, 5.41) is 11.6. The number of thioether (sulfide) groups is 1. The van der Waals surface area contributed by atoms with E-state index in [-0.39, 0.29) is 0 Å². The molecule has 1 unspecified atom stereocenters. The number of methoxy groups -OCH3 is 1. The molecule has 0 radical (unpaired) electrons. The van der Waals surface area contributed by atoms with Crippen LogP contribution < -0.4 is 15.4 Å². The summed E-state index contributed by atoms with van der Waals surface area (Å²) >= 11 is 1.16. The van der Waals surface area contributed by atoms with Gasteiger partial charge in [-0.1, -0.05) is 11.8 Å². The van der Waals surface area contributed by atoms with Crippen molar-refractivity contribution in [3.63, 3.8) is 0 Å². The molecule has 0 bridgehead atoms. The molecule has 3 amide bonds. The van der Waals surface area contributed by atoms with Crippen molar-refractivity contribution in [3.8, 4) is 17.1 Å². The normalized spacial score (nSPS) is 11.6. The largest absolute Gasteiger partial charge is 0.497 e. The van der Waals surface area contributed by atoms with Crippen LogP contribution in [0.4, 0.5) is 4.79 Å². The predicted octanol–water partition coefficient (Wildman–Crippen LogP) is 1.81. The van der Waals surface area contributed by atoms with Gasteiger partial charge >= 0.3 is 6.03 Å². The summed E-state index contributed by atoms with van der Waals surface area (Å²) in [6.45, 7) is 3.91. The van der Waals surface area contributed by atoms with Gasteiger partial charge in [0.25, 0.3) is 0 Å². The molecule has 0 saturated carbocycles. The predicted molar refractivity (Wildman–Crippen MR) is 90.9 cm³/mol. The van der Waals surface area contributed by atoms with Crippen molar-refractivity contribution in [2.24, 2.45) is 0 Å². The molecule has 2 rings (SSSR count). The van der Waals surface area contributed by atoms with Gasteiger partial charge in [0.15, 0.2) is 5.82 Å². The fourth-order valence-electron chi connectivity index (χ4n) is 1.81. The van der Waals surface area contributed by atoms with Crippen LogP contribution >= 0.6 is 11.8 Å². The lowest BCUT2D eigenvalue weighted by Gasteiger charge is -2.09. The zero-order valence-electron chi connectivity index (χ0n) is 13.6. The third-order valence-electron chi connectivity index (χ3n) is 3.05. The fourth-order valence-corrected chi connectivity index (χ4v) is 2.53. The Morgan fingerprint density at radius 2 is 2.04 bits per heavy atom. The average Bonchev–Trinajstić information content (AvgIpc) is 3.03. The highest BCUT2D eigenvalue weighted by atomic mass is 32.2. The number of aromatic amines is 1. The first-order chi connectivity index (χ1) is 11.5. The minimum atomic E-state index is -0.510. The second-order valence-corrected chi connectivity index (χ2v) is 6.11. The van der Waals surface area contributed by atoms with E-state index in [4.69, 9.17) is 4.74 Å². The Morgan fingerprint density at radius 3 is 2.67 bits per heavy atom. The highest BCUT2D eigenvalue weighted by Gasteiger charge is 2.19. The highest BCUT2D eigenvalue weighted by Crippen LogP contribution is 2.24. The molecular formula is C15H19N5O3S. The maximum absolute atomic E-state index is 11.9. The molecule has 0 aliphatic heterocycles. The number of urea groups is 1. The van der Waals surface area contributed by atoms with E-state index >= 15 is 0 Å². The number of carbonyl (C=O) groups excluding carboxylic acids is 2. The van der Waals surface area contributed by atoms with Gasteiger partial charge < -0.3 is 10.1 Å². The first kappa shape index (κ1) is 17.8. The van der Waals surface area contributed by atoms with E-state index in [1.54, 1.807) is 21.0 Å². The Kier molecular flexibility index (Phi) is 6.19. The van der Waals surface area contributed by atoms with Crippen molar-refractivity contribution in [3.05, 3.63) is 24.3 Å². The van der Waals surface area contributed by atoms with Gasteiger partial charge in [0.1, 0.15) is 5.75 Å². The first-order valence-corrected chi connectivity index (χ1v) is 8.23. The van der Waals surface area contributed by atoms with E-state index in [9.17, 15) is 9.59 Å². The summed E-state index contributed by atoms with van der Waals surface area (Å²) in [6, 6.07) is 6.86. The van der Waals surface area contributed by atoms with Crippen LogP contribution in [0.1, 0.15) is 13.8 Å². The number of H-pyrrole nitrogens is 1. The Balaban J connectivity index is 1.97. The molecule has 1 heterocycles. The Morgan fingerprint density at radius 1 is 1.33 bits per heavy atom. The second kappa shape index (κ2) is 8.34. The minimum absolute atomic E-state index is 0.401. The number of nitrogens with zero attached hydrogens (tertiary/aromatic N) is 2. The number of hydrogen-bond acceptors (Lipinski definition) is 6. The van der Waals surface area contributed by atoms with Crippen LogP contribution in [0.25, 0.3) is 11.4 Å². The smallest absolute Gasteiger partial charge is 0.321 e. The summed E-state index contributed by atoms with van der Waals surface area (Å²) in [5.74, 6) is 0.946. The number of rotatable bonds is 6. The molecule has 8 nitrogen and oxygen atoms in total. The first-order valence-electron chi connectivity index (χ1n) is 7.35. The van der Waals surface area contributed by atoms with E-state index < -0.39 is 17.2 Å². The van der Waals surface area contributed by atoms with Gasteiger partial charge in [0.2, 0.25) is 11.1 Å². The maximum atomic E-state index is 11.9. The molecule has 3 N–H and O–H groups in total. The van der Waals surface area contributed by atoms with Crippen molar-refractivity contribution in [2.75, 3.05) is 13.7 Å². The third-order valence-corrected chi connectivity index (χ3v) is 4.01. The quantitative estimate of drug-likeness (QED) is 0.686. The monoisotopic (exact) mass is 349 g/mol. The molecule has 1 aromatic heterocycles. The van der Waals surface area contributed by atoms with E-state index in [1.165, 1.54) is 0 Å². The number of hydrogen-bond donors (Lipinski definition) is 3. The molecule has 24 heavy (non-hydrogen) atoms. The number of ether oxygens (including phenoxy) is 1. The Hall–Kier alpha value is -2.55. The van der Waals surface area contributed by atoms with E-state index in [0.29, 0.717) is 17.5 Å². The molecular weight excluding hydrogens is 330 g/mol. The number of imide groups is 1. The molecule has 0 aliphatic carbocycles. The van der Waals surface area contributed by atoms with Crippen LogP contribution in [0.2, 0.25) is 0 Å². The molecule has 9 heteroatoms. The lowest BCUT2D eigenvalue weighted by atomic mass is 10.2. The summed E-state index contributed by atoms with van der Waals surface area (Å²) in [4.78, 5) is 27.6. The van der Waals surface area contributed by atoms with E-state index in [0.717, 1.165) is 23.1 Å². The lowest BCUT2D eigenvalue weighted by molar-refractivity contribution is -0.119. The third kappa shape index (κ3) is 4.72. The zero-order valence-corrected chi connectivity index (χ0v) is 14.4. The molecule has 0 spiro atoms. The number of aromatic nitrogens is 3. The van der Waals surface area contributed by atoms with Crippen molar-refractivity contribution in [1.82, 2.24) is 25.8 Å². The molecule has 2 aromatic rings. The van der Waals surface area contributed by atoms with Crippen LogP contribution in [0, 0.1) is 0 Å². The van der Waals surface area contributed by atoms with Gasteiger partial charge in [-0.05, 0) is 38.1 Å². The minimum Gasteiger partial charge on any atom is -0.497 e. The van der Waals surface area contributed by atoms with Gasteiger partial charge in [-0.2, -0.15) is 0 Å². The van der Waals surface area contributed by atoms with Crippen molar-refractivity contribution < 1.29 is 14.3 Å². The van der Waals surface area contributed by atoms with Gasteiger partial charge in [-0.25, -0.2) is 9.78 Å². The van der Waals surface area contributed by atoms with Gasteiger partial charge in [0.05, 0.1) is 12.4 Å². The molecule has 0 fully saturated rings. The van der Waals surface area contributed by atoms with Crippen LogP contribution in [0.5, 0.6) is 5.75 Å². The van der Waals surface area contributed by atoms with E-state index in [2.05, 4.69) is 25.8 Å². The number of carbonyl (C=O) groups is 2. The summed E-state index contributed by atoms with van der Waals surface area (Å²) in [7, 11) is 1.60. The maximum Gasteiger partial charge on any atom is 0.321 e. The Labute approximate surface area is 143 Å². The van der Waals surface area contributed by atoms with Crippen molar-refractivity contribution in [2.45, 2.75) is 24.3 Å².